The molecule has 1 aliphatic rings. The number of rotatable bonds is 2. The molecule has 4 nitrogen and oxygen atoms in total. The van der Waals surface area contributed by atoms with Crippen LogP contribution in [0.5, 0.6) is 0 Å². The number of hydrogen-bond acceptors (Lipinski definition) is 3. The lowest BCUT2D eigenvalue weighted by atomic mass is 9.87. The summed E-state index contributed by atoms with van der Waals surface area (Å²) in [5.41, 5.74) is 11.9. The molecule has 0 radical (unpaired) electrons. The van der Waals surface area contributed by atoms with E-state index in [2.05, 4.69) is 11.4 Å². The fraction of sp³-hybridized carbons (Fsp3) is 0.172. The first-order valence-electron chi connectivity index (χ1n) is 11.7. The zero-order valence-electron chi connectivity index (χ0n) is 19.1. The van der Waals surface area contributed by atoms with E-state index >= 15 is 0 Å². The summed E-state index contributed by atoms with van der Waals surface area (Å²) in [6.45, 7) is 0. The van der Waals surface area contributed by atoms with Gasteiger partial charge in [-0.1, -0.05) is 36.8 Å². The fourth-order valence-corrected chi connectivity index (χ4v) is 4.67. The number of nitrogen functional groups attached to an aromatic ring is 1. The van der Waals surface area contributed by atoms with E-state index < -0.39 is 0 Å². The molecule has 176 valence electrons. The molecule has 0 saturated carbocycles. The van der Waals surface area contributed by atoms with Gasteiger partial charge in [0, 0.05) is 52.3 Å². The largest absolute Gasteiger partial charge is 0.398 e. The van der Waals surface area contributed by atoms with Gasteiger partial charge in [0.15, 0.2) is 0 Å². The van der Waals surface area contributed by atoms with Crippen molar-refractivity contribution in [3.8, 4) is 22.3 Å². The Balaban J connectivity index is 1.55. The standard InChI is InChI=1S/C29H25F2N3O/c30-21-9-11-26(32)24(15-21)20-8-12-27(33-17-20)23-6-1-2-7-29(35)34-28-13-10-22(31)16-25(28)19-5-3-4-18(23)14-19/h3-5,8-17,23H,1-2,6-7,32H2,(H,34,35). The van der Waals surface area contributed by atoms with Crippen LogP contribution >= 0.6 is 0 Å². The molecule has 1 unspecified atom stereocenters. The minimum atomic E-state index is -0.360. The molecule has 0 spiro atoms. The van der Waals surface area contributed by atoms with Gasteiger partial charge in [-0.15, -0.1) is 0 Å². The molecule has 4 aromatic rings. The normalized spacial score (nSPS) is 15.9. The smallest absolute Gasteiger partial charge is 0.224 e. The van der Waals surface area contributed by atoms with E-state index in [1.54, 1.807) is 18.3 Å². The Morgan fingerprint density at radius 1 is 0.857 bits per heavy atom. The second-order valence-corrected chi connectivity index (χ2v) is 8.87. The molecule has 1 aliphatic heterocycles. The highest BCUT2D eigenvalue weighted by Gasteiger charge is 2.19. The van der Waals surface area contributed by atoms with E-state index in [4.69, 9.17) is 10.7 Å². The van der Waals surface area contributed by atoms with Crippen LogP contribution in [0.4, 0.5) is 20.2 Å². The van der Waals surface area contributed by atoms with Gasteiger partial charge < -0.3 is 11.1 Å². The predicted octanol–water partition coefficient (Wildman–Crippen LogP) is 6.92. The average molecular weight is 470 g/mol. The molecule has 0 aliphatic carbocycles. The van der Waals surface area contributed by atoms with Crippen LogP contribution in [0.25, 0.3) is 22.3 Å². The Bertz CT molecular complexity index is 1390. The van der Waals surface area contributed by atoms with E-state index in [9.17, 15) is 13.6 Å². The third-order valence-corrected chi connectivity index (χ3v) is 6.47. The van der Waals surface area contributed by atoms with E-state index in [0.717, 1.165) is 41.6 Å². The predicted molar refractivity (Wildman–Crippen MR) is 135 cm³/mol. The van der Waals surface area contributed by atoms with Gasteiger partial charge in [0.25, 0.3) is 0 Å². The first-order valence-corrected chi connectivity index (χ1v) is 11.7. The minimum Gasteiger partial charge on any atom is -0.398 e. The lowest BCUT2D eigenvalue weighted by molar-refractivity contribution is -0.116. The number of aromatic nitrogens is 1. The SMILES string of the molecule is Nc1ccc(F)cc1-c1ccc(C2CCCCC(=O)Nc3ccc(F)cc3-c3cccc2c3)nc1. The highest BCUT2D eigenvalue weighted by molar-refractivity contribution is 5.95. The monoisotopic (exact) mass is 469 g/mol. The van der Waals surface area contributed by atoms with E-state index in [1.165, 1.54) is 24.3 Å². The second-order valence-electron chi connectivity index (χ2n) is 8.87. The van der Waals surface area contributed by atoms with Crippen molar-refractivity contribution in [3.63, 3.8) is 0 Å². The molecule has 1 amide bonds. The van der Waals surface area contributed by atoms with E-state index in [-0.39, 0.29) is 23.5 Å². The Labute approximate surface area is 202 Å². The van der Waals surface area contributed by atoms with E-state index in [0.29, 0.717) is 28.9 Å². The maximum Gasteiger partial charge on any atom is 0.224 e. The van der Waals surface area contributed by atoms with Crippen LogP contribution in [0.1, 0.15) is 42.9 Å². The van der Waals surface area contributed by atoms with Crippen molar-refractivity contribution >= 4 is 17.3 Å². The Morgan fingerprint density at radius 3 is 2.46 bits per heavy atom. The van der Waals surface area contributed by atoms with Crippen LogP contribution in [0, 0.1) is 11.6 Å². The van der Waals surface area contributed by atoms with Gasteiger partial charge in [0.1, 0.15) is 11.6 Å². The summed E-state index contributed by atoms with van der Waals surface area (Å²) in [5, 5.41) is 2.93. The highest BCUT2D eigenvalue weighted by atomic mass is 19.1. The van der Waals surface area contributed by atoms with Crippen LogP contribution in [0.3, 0.4) is 0 Å². The summed E-state index contributed by atoms with van der Waals surface area (Å²) in [5.74, 6) is -0.800. The Hall–Kier alpha value is -4.06. The fourth-order valence-electron chi connectivity index (χ4n) is 4.67. The van der Waals surface area contributed by atoms with Crippen molar-refractivity contribution < 1.29 is 13.6 Å². The number of hydrogen-bond donors (Lipinski definition) is 2. The van der Waals surface area contributed by atoms with Gasteiger partial charge in [0.05, 0.1) is 0 Å². The van der Waals surface area contributed by atoms with Gasteiger partial charge in [-0.3, -0.25) is 9.78 Å². The number of anilines is 2. The zero-order chi connectivity index (χ0) is 24.4. The van der Waals surface area contributed by atoms with Crippen molar-refractivity contribution in [2.45, 2.75) is 31.6 Å². The summed E-state index contributed by atoms with van der Waals surface area (Å²) < 4.78 is 27.9. The van der Waals surface area contributed by atoms with Crippen molar-refractivity contribution in [3.05, 3.63) is 102 Å². The summed E-state index contributed by atoms with van der Waals surface area (Å²) in [7, 11) is 0. The van der Waals surface area contributed by atoms with Gasteiger partial charge in [-0.25, -0.2) is 8.78 Å². The summed E-state index contributed by atoms with van der Waals surface area (Å²) in [6.07, 6.45) is 4.50. The second kappa shape index (κ2) is 9.66. The molecule has 3 aromatic carbocycles. The van der Waals surface area contributed by atoms with Gasteiger partial charge in [0.2, 0.25) is 5.91 Å². The molecule has 2 bridgehead atoms. The van der Waals surface area contributed by atoms with Crippen molar-refractivity contribution in [1.29, 1.82) is 0 Å². The number of amides is 1. The van der Waals surface area contributed by atoms with Crippen molar-refractivity contribution in [2.75, 3.05) is 11.1 Å². The number of nitrogens with one attached hydrogen (secondary N) is 1. The Morgan fingerprint density at radius 2 is 1.66 bits per heavy atom. The van der Waals surface area contributed by atoms with Crippen LogP contribution in [0.2, 0.25) is 0 Å². The Kier molecular flexibility index (Phi) is 6.27. The van der Waals surface area contributed by atoms with Gasteiger partial charge in [-0.05, 0) is 66.4 Å². The summed E-state index contributed by atoms with van der Waals surface area (Å²) >= 11 is 0. The number of nitrogens with two attached hydrogens (primary N) is 1. The van der Waals surface area contributed by atoms with E-state index in [1.807, 2.05) is 30.3 Å². The molecule has 3 N–H and O–H groups in total. The van der Waals surface area contributed by atoms with Gasteiger partial charge >= 0.3 is 0 Å². The first kappa shape index (κ1) is 22.7. The number of fused-ring (bicyclic) bond motifs is 4. The van der Waals surface area contributed by atoms with Crippen LogP contribution in [-0.4, -0.2) is 10.9 Å². The van der Waals surface area contributed by atoms with Crippen LogP contribution in [-0.2, 0) is 4.79 Å². The molecule has 0 fully saturated rings. The van der Waals surface area contributed by atoms with Crippen LogP contribution in [0.15, 0.2) is 79.0 Å². The molecular formula is C29H25F2N3O. The third kappa shape index (κ3) is 4.92. The number of pyridine rings is 1. The van der Waals surface area contributed by atoms with Crippen LogP contribution < -0.4 is 11.1 Å². The molecule has 1 atom stereocenters. The maximum absolute atomic E-state index is 14.1. The quantitative estimate of drug-likeness (QED) is 0.313. The average Bonchev–Trinajstić information content (AvgIpc) is 2.86. The lowest BCUT2D eigenvalue weighted by Crippen LogP contribution is -2.13. The third-order valence-electron chi connectivity index (χ3n) is 6.47. The van der Waals surface area contributed by atoms with Crippen molar-refractivity contribution in [1.82, 2.24) is 4.98 Å². The van der Waals surface area contributed by atoms with Crippen molar-refractivity contribution in [2.24, 2.45) is 0 Å². The number of carbonyl (C=O) groups excluding carboxylic acids is 1. The molecule has 35 heavy (non-hydrogen) atoms. The number of carbonyl (C=O) groups is 1. The number of nitrogens with zero attached hydrogens (tertiary/aromatic N) is 1. The molecule has 2 heterocycles. The minimum absolute atomic E-state index is 0.00615. The molecule has 0 saturated heterocycles. The molecule has 1 aromatic heterocycles. The summed E-state index contributed by atoms with van der Waals surface area (Å²) in [6, 6.07) is 20.5. The summed E-state index contributed by atoms with van der Waals surface area (Å²) in [4.78, 5) is 17.2. The lowest BCUT2D eigenvalue weighted by Gasteiger charge is -2.20. The first-order chi connectivity index (χ1) is 17.0. The molecular weight excluding hydrogens is 444 g/mol. The maximum atomic E-state index is 14.1. The van der Waals surface area contributed by atoms with Gasteiger partial charge in [-0.2, -0.15) is 0 Å². The topological polar surface area (TPSA) is 68.0 Å². The molecule has 5 rings (SSSR count). The number of benzene rings is 3. The number of halogens is 2. The highest BCUT2D eigenvalue weighted by Crippen LogP contribution is 2.36. The molecule has 6 heteroatoms. The zero-order valence-corrected chi connectivity index (χ0v) is 19.1.